The molecule has 0 amide bonds. The minimum atomic E-state index is -1.15. The SMILES string of the molecule is NC(=NNc1c([N+](=O)[O-])cc([N+](=O)[O-])cc1[N+](=O)[O-])c1cc([N+](=O)[O-])cc([N+](=O)[O-])c1. The molecule has 0 aromatic heterocycles. The average molecular weight is 436 g/mol. The van der Waals surface area contributed by atoms with Crippen molar-refractivity contribution in [1.82, 2.24) is 0 Å². The maximum Gasteiger partial charge on any atom is 0.308 e. The van der Waals surface area contributed by atoms with Crippen molar-refractivity contribution in [2.24, 2.45) is 10.8 Å². The minimum Gasteiger partial charge on any atom is -0.382 e. The zero-order valence-corrected chi connectivity index (χ0v) is 14.7. The molecule has 0 saturated heterocycles. The van der Waals surface area contributed by atoms with Gasteiger partial charge in [0.1, 0.15) is 0 Å². The highest BCUT2D eigenvalue weighted by Gasteiger charge is 2.31. The fraction of sp³-hybridized carbons (Fsp3) is 0. The van der Waals surface area contributed by atoms with E-state index in [-0.39, 0.29) is 5.56 Å². The minimum absolute atomic E-state index is 0.347. The number of anilines is 1. The largest absolute Gasteiger partial charge is 0.382 e. The van der Waals surface area contributed by atoms with Gasteiger partial charge in [-0.05, 0) is 0 Å². The predicted octanol–water partition coefficient (Wildman–Crippen LogP) is 1.96. The van der Waals surface area contributed by atoms with Gasteiger partial charge in [0, 0.05) is 17.7 Å². The quantitative estimate of drug-likeness (QED) is 0.260. The van der Waals surface area contributed by atoms with Gasteiger partial charge in [0.05, 0.1) is 42.8 Å². The van der Waals surface area contributed by atoms with Gasteiger partial charge >= 0.3 is 11.4 Å². The van der Waals surface area contributed by atoms with E-state index in [1.165, 1.54) is 0 Å². The van der Waals surface area contributed by atoms with Crippen molar-refractivity contribution in [3.8, 4) is 0 Å². The molecule has 2 aromatic rings. The Bertz CT molecular complexity index is 1110. The second kappa shape index (κ2) is 8.38. The van der Waals surface area contributed by atoms with Crippen LogP contribution in [0, 0.1) is 50.6 Å². The molecule has 31 heavy (non-hydrogen) atoms. The number of nitro benzene ring substituents is 5. The first-order valence-electron chi connectivity index (χ1n) is 7.57. The Morgan fingerprint density at radius 2 is 1.06 bits per heavy atom. The zero-order valence-electron chi connectivity index (χ0n) is 14.7. The maximum atomic E-state index is 11.2. The second-order valence-electron chi connectivity index (χ2n) is 5.49. The molecular weight excluding hydrogens is 428 g/mol. The fourth-order valence-corrected chi connectivity index (χ4v) is 2.24. The van der Waals surface area contributed by atoms with Crippen LogP contribution in [0.3, 0.4) is 0 Å². The molecule has 18 nitrogen and oxygen atoms in total. The van der Waals surface area contributed by atoms with E-state index in [1.54, 1.807) is 0 Å². The van der Waals surface area contributed by atoms with Crippen LogP contribution in [0.5, 0.6) is 0 Å². The van der Waals surface area contributed by atoms with Gasteiger partial charge in [-0.1, -0.05) is 0 Å². The molecule has 3 N–H and O–H groups in total. The summed E-state index contributed by atoms with van der Waals surface area (Å²) >= 11 is 0. The van der Waals surface area contributed by atoms with Crippen LogP contribution >= 0.6 is 0 Å². The number of nitrogens with zero attached hydrogens (tertiary/aromatic N) is 6. The lowest BCUT2D eigenvalue weighted by Crippen LogP contribution is -2.16. The van der Waals surface area contributed by atoms with E-state index < -0.39 is 64.6 Å². The molecule has 0 unspecified atom stereocenters. The molecule has 0 saturated carbocycles. The molecule has 0 bridgehead atoms. The average Bonchev–Trinajstić information content (AvgIpc) is 2.70. The molecule has 160 valence electrons. The lowest BCUT2D eigenvalue weighted by molar-refractivity contribution is -0.401. The number of nitro groups is 5. The molecule has 0 aliphatic heterocycles. The highest BCUT2D eigenvalue weighted by atomic mass is 16.6. The number of amidine groups is 1. The van der Waals surface area contributed by atoms with Gasteiger partial charge in [-0.3, -0.25) is 56.0 Å². The van der Waals surface area contributed by atoms with E-state index in [2.05, 4.69) is 5.10 Å². The first-order valence-corrected chi connectivity index (χ1v) is 7.57. The summed E-state index contributed by atoms with van der Waals surface area (Å²) in [5.41, 5.74) is 1.79. The van der Waals surface area contributed by atoms with Crippen LogP contribution in [-0.2, 0) is 0 Å². The molecule has 0 aliphatic carbocycles. The van der Waals surface area contributed by atoms with Crippen molar-refractivity contribution >= 4 is 40.0 Å². The molecule has 0 fully saturated rings. The molecule has 0 spiro atoms. The number of nitrogens with two attached hydrogens (primary N) is 1. The molecular formula is C13H8N8O10. The van der Waals surface area contributed by atoms with Gasteiger partial charge in [-0.15, -0.1) is 0 Å². The number of nitrogens with one attached hydrogen (secondary N) is 1. The topological polar surface area (TPSA) is 266 Å². The molecule has 0 aliphatic rings. The Labute approximate surface area is 168 Å². The van der Waals surface area contributed by atoms with Gasteiger partial charge in [0.15, 0.2) is 5.84 Å². The standard InChI is InChI=1S/C13H8N8O10/c14-13(6-1-7(17(22)23)3-8(2-6)18(24)25)16-15-12-10(20(28)29)4-9(19(26)27)5-11(12)21(30)31/h1-5,15H,(H2,14,16). The van der Waals surface area contributed by atoms with E-state index in [0.29, 0.717) is 18.2 Å². The molecule has 18 heteroatoms. The first-order chi connectivity index (χ1) is 14.4. The lowest BCUT2D eigenvalue weighted by Gasteiger charge is -2.06. The summed E-state index contributed by atoms with van der Waals surface area (Å²) in [4.78, 5) is 49.9. The number of hydrogen-bond donors (Lipinski definition) is 2. The van der Waals surface area contributed by atoms with Crippen LogP contribution in [0.4, 0.5) is 34.1 Å². The van der Waals surface area contributed by atoms with Crippen LogP contribution in [0.2, 0.25) is 0 Å². The number of hydrogen-bond acceptors (Lipinski definition) is 12. The normalized spacial score (nSPS) is 10.9. The molecule has 0 atom stereocenters. The summed E-state index contributed by atoms with van der Waals surface area (Å²) in [7, 11) is 0. The molecule has 0 heterocycles. The number of non-ortho nitro benzene ring substituents is 3. The van der Waals surface area contributed by atoms with E-state index in [1.807, 2.05) is 5.43 Å². The monoisotopic (exact) mass is 436 g/mol. The van der Waals surface area contributed by atoms with Crippen LogP contribution in [0.25, 0.3) is 0 Å². The van der Waals surface area contributed by atoms with Crippen molar-refractivity contribution in [3.63, 3.8) is 0 Å². The highest BCUT2D eigenvalue weighted by molar-refractivity contribution is 5.99. The van der Waals surface area contributed by atoms with Gasteiger partial charge in [0.25, 0.3) is 17.1 Å². The van der Waals surface area contributed by atoms with E-state index >= 15 is 0 Å². The summed E-state index contributed by atoms with van der Waals surface area (Å²) in [6, 6.07) is 3.16. The Balaban J connectivity index is 2.60. The van der Waals surface area contributed by atoms with Gasteiger partial charge < -0.3 is 5.73 Å². The summed E-state index contributed by atoms with van der Waals surface area (Å²) in [6.07, 6.45) is 0. The summed E-state index contributed by atoms with van der Waals surface area (Å²) in [5, 5.41) is 58.6. The second-order valence-corrected chi connectivity index (χ2v) is 5.49. The lowest BCUT2D eigenvalue weighted by atomic mass is 10.1. The summed E-state index contributed by atoms with van der Waals surface area (Å²) in [6.45, 7) is 0. The van der Waals surface area contributed by atoms with Crippen molar-refractivity contribution in [2.75, 3.05) is 5.43 Å². The van der Waals surface area contributed by atoms with Crippen molar-refractivity contribution in [1.29, 1.82) is 0 Å². The zero-order chi connectivity index (χ0) is 23.5. The summed E-state index contributed by atoms with van der Waals surface area (Å²) in [5.74, 6) is -0.659. The van der Waals surface area contributed by atoms with Crippen molar-refractivity contribution in [2.45, 2.75) is 0 Å². The Morgan fingerprint density at radius 3 is 1.42 bits per heavy atom. The van der Waals surface area contributed by atoms with Crippen LogP contribution in [0.15, 0.2) is 35.4 Å². The Kier molecular flexibility index (Phi) is 5.95. The third-order valence-electron chi connectivity index (χ3n) is 3.59. The van der Waals surface area contributed by atoms with E-state index in [0.717, 1.165) is 12.1 Å². The number of rotatable bonds is 8. The first kappa shape index (κ1) is 22.0. The fourth-order valence-electron chi connectivity index (χ4n) is 2.24. The number of hydrazone groups is 1. The maximum absolute atomic E-state index is 11.2. The van der Waals surface area contributed by atoms with Crippen LogP contribution < -0.4 is 11.2 Å². The van der Waals surface area contributed by atoms with Gasteiger partial charge in [0.2, 0.25) is 5.69 Å². The highest BCUT2D eigenvalue weighted by Crippen LogP contribution is 2.38. The van der Waals surface area contributed by atoms with Gasteiger partial charge in [-0.25, -0.2) is 0 Å². The number of benzene rings is 2. The molecule has 2 rings (SSSR count). The summed E-state index contributed by atoms with van der Waals surface area (Å²) < 4.78 is 0. The van der Waals surface area contributed by atoms with Crippen molar-refractivity contribution in [3.05, 3.63) is 86.5 Å². The molecule has 0 radical (unpaired) electrons. The van der Waals surface area contributed by atoms with Crippen LogP contribution in [0.1, 0.15) is 5.56 Å². The molecule has 2 aromatic carbocycles. The van der Waals surface area contributed by atoms with Crippen LogP contribution in [-0.4, -0.2) is 30.5 Å². The Hall–Kier alpha value is -5.29. The smallest absolute Gasteiger partial charge is 0.308 e. The van der Waals surface area contributed by atoms with Gasteiger partial charge in [-0.2, -0.15) is 5.10 Å². The third kappa shape index (κ3) is 4.77. The predicted molar refractivity (Wildman–Crippen MR) is 101 cm³/mol. The van der Waals surface area contributed by atoms with E-state index in [4.69, 9.17) is 5.73 Å². The Morgan fingerprint density at radius 1 is 0.677 bits per heavy atom. The third-order valence-corrected chi connectivity index (χ3v) is 3.59. The van der Waals surface area contributed by atoms with Crippen molar-refractivity contribution < 1.29 is 24.6 Å². The van der Waals surface area contributed by atoms with E-state index in [9.17, 15) is 50.6 Å².